The maximum atomic E-state index is 12.9. The van der Waals surface area contributed by atoms with Crippen molar-refractivity contribution < 1.29 is 9.18 Å². The second-order valence-electron chi connectivity index (χ2n) is 6.59. The second-order valence-corrected chi connectivity index (χ2v) is 6.59. The summed E-state index contributed by atoms with van der Waals surface area (Å²) in [7, 11) is 0. The maximum Gasteiger partial charge on any atom is 0.271 e. The minimum Gasteiger partial charge on any atom is -0.355 e. The molecule has 132 valence electrons. The van der Waals surface area contributed by atoms with Crippen molar-refractivity contribution >= 4 is 11.7 Å². The van der Waals surface area contributed by atoms with Gasteiger partial charge in [-0.3, -0.25) is 4.79 Å². The Hall–Kier alpha value is -2.50. The number of aromatic nitrogens is 2. The van der Waals surface area contributed by atoms with Gasteiger partial charge in [0.15, 0.2) is 0 Å². The van der Waals surface area contributed by atoms with Crippen molar-refractivity contribution in [2.45, 2.75) is 26.2 Å². The molecule has 1 fully saturated rings. The van der Waals surface area contributed by atoms with E-state index in [1.807, 2.05) is 0 Å². The summed E-state index contributed by atoms with van der Waals surface area (Å²) < 4.78 is 12.9. The van der Waals surface area contributed by atoms with Crippen molar-refractivity contribution in [2.24, 2.45) is 5.92 Å². The quantitative estimate of drug-likeness (QED) is 0.908. The van der Waals surface area contributed by atoms with E-state index in [4.69, 9.17) is 0 Å². The van der Waals surface area contributed by atoms with Gasteiger partial charge in [0.05, 0.1) is 12.4 Å². The van der Waals surface area contributed by atoms with Crippen molar-refractivity contribution in [2.75, 3.05) is 24.5 Å². The van der Waals surface area contributed by atoms with Crippen molar-refractivity contribution in [3.63, 3.8) is 0 Å². The van der Waals surface area contributed by atoms with E-state index >= 15 is 0 Å². The van der Waals surface area contributed by atoms with Gasteiger partial charge in [-0.1, -0.05) is 19.1 Å². The van der Waals surface area contributed by atoms with E-state index in [1.165, 1.54) is 24.8 Å². The van der Waals surface area contributed by atoms with Crippen LogP contribution in [0.5, 0.6) is 0 Å². The van der Waals surface area contributed by atoms with Crippen molar-refractivity contribution in [3.8, 4) is 0 Å². The molecule has 2 aromatic rings. The molecule has 5 nitrogen and oxygen atoms in total. The highest BCUT2D eigenvalue weighted by Gasteiger charge is 2.18. The Morgan fingerprint density at radius 3 is 2.76 bits per heavy atom. The normalized spacial score (nSPS) is 17.4. The Balaban J connectivity index is 1.51. The summed E-state index contributed by atoms with van der Waals surface area (Å²) in [6.07, 6.45) is 6.25. The number of piperidine rings is 1. The summed E-state index contributed by atoms with van der Waals surface area (Å²) in [4.78, 5) is 23.0. The average molecular weight is 342 g/mol. The third-order valence-corrected chi connectivity index (χ3v) is 4.46. The highest BCUT2D eigenvalue weighted by Crippen LogP contribution is 2.20. The zero-order valence-electron chi connectivity index (χ0n) is 14.4. The molecule has 1 amide bonds. The van der Waals surface area contributed by atoms with Crippen LogP contribution in [0.2, 0.25) is 0 Å². The van der Waals surface area contributed by atoms with E-state index in [0.717, 1.165) is 30.9 Å². The third-order valence-electron chi connectivity index (χ3n) is 4.46. The van der Waals surface area contributed by atoms with Gasteiger partial charge in [-0.15, -0.1) is 0 Å². The third kappa shape index (κ3) is 4.75. The molecule has 0 saturated carbocycles. The van der Waals surface area contributed by atoms with Gasteiger partial charge in [0.2, 0.25) is 0 Å². The highest BCUT2D eigenvalue weighted by molar-refractivity contribution is 5.92. The molecular formula is C19H23FN4O. The monoisotopic (exact) mass is 342 g/mol. The van der Waals surface area contributed by atoms with Crippen LogP contribution < -0.4 is 10.2 Å². The fourth-order valence-corrected chi connectivity index (χ4v) is 3.06. The summed E-state index contributed by atoms with van der Waals surface area (Å²) in [5.41, 5.74) is 1.29. The fourth-order valence-electron chi connectivity index (χ4n) is 3.06. The van der Waals surface area contributed by atoms with Crippen LogP contribution in [0.25, 0.3) is 0 Å². The Morgan fingerprint density at radius 1 is 1.28 bits per heavy atom. The van der Waals surface area contributed by atoms with Crippen LogP contribution in [0.3, 0.4) is 0 Å². The van der Waals surface area contributed by atoms with Crippen molar-refractivity contribution in [1.29, 1.82) is 0 Å². The highest BCUT2D eigenvalue weighted by atomic mass is 19.1. The molecule has 25 heavy (non-hydrogen) atoms. The van der Waals surface area contributed by atoms with Gasteiger partial charge in [0.25, 0.3) is 5.91 Å². The van der Waals surface area contributed by atoms with Crippen LogP contribution in [-0.2, 0) is 6.42 Å². The molecule has 0 aliphatic carbocycles. The zero-order chi connectivity index (χ0) is 17.6. The van der Waals surface area contributed by atoms with Gasteiger partial charge in [-0.05, 0) is 42.9 Å². The molecule has 0 spiro atoms. The first-order valence-electron chi connectivity index (χ1n) is 8.71. The number of benzene rings is 1. The van der Waals surface area contributed by atoms with Crippen LogP contribution in [0.1, 0.15) is 35.8 Å². The molecule has 1 aliphatic heterocycles. The molecule has 1 aliphatic rings. The number of rotatable bonds is 5. The topological polar surface area (TPSA) is 58.1 Å². The van der Waals surface area contributed by atoms with Gasteiger partial charge in [0.1, 0.15) is 17.3 Å². The molecule has 2 heterocycles. The predicted octanol–water partition coefficient (Wildman–Crippen LogP) is 2.82. The number of carbonyl (C=O) groups excluding carboxylic acids is 1. The molecule has 0 bridgehead atoms. The van der Waals surface area contributed by atoms with E-state index in [9.17, 15) is 9.18 Å². The molecule has 1 unspecified atom stereocenters. The van der Waals surface area contributed by atoms with Crippen LogP contribution in [0.15, 0.2) is 36.7 Å². The lowest BCUT2D eigenvalue weighted by atomic mass is 10.0. The van der Waals surface area contributed by atoms with Gasteiger partial charge >= 0.3 is 0 Å². The summed E-state index contributed by atoms with van der Waals surface area (Å²) in [5, 5.41) is 2.82. The number of hydrogen-bond acceptors (Lipinski definition) is 4. The maximum absolute atomic E-state index is 12.9. The summed E-state index contributed by atoms with van der Waals surface area (Å²) >= 11 is 0. The molecule has 1 aromatic carbocycles. The second kappa shape index (κ2) is 8.05. The van der Waals surface area contributed by atoms with E-state index in [0.29, 0.717) is 24.6 Å². The number of carbonyl (C=O) groups is 1. The summed E-state index contributed by atoms with van der Waals surface area (Å²) in [6, 6.07) is 6.27. The Labute approximate surface area is 147 Å². The molecule has 3 rings (SSSR count). The molecule has 6 heteroatoms. The van der Waals surface area contributed by atoms with Crippen LogP contribution in [-0.4, -0.2) is 35.5 Å². The van der Waals surface area contributed by atoms with E-state index in [-0.39, 0.29) is 11.7 Å². The Kier molecular flexibility index (Phi) is 5.58. The van der Waals surface area contributed by atoms with Crippen LogP contribution >= 0.6 is 0 Å². The largest absolute Gasteiger partial charge is 0.355 e. The number of nitrogens with zero attached hydrogens (tertiary/aromatic N) is 3. The summed E-state index contributed by atoms with van der Waals surface area (Å²) in [6.45, 7) is 4.68. The molecule has 1 saturated heterocycles. The lowest BCUT2D eigenvalue weighted by Crippen LogP contribution is -2.35. The Morgan fingerprint density at radius 2 is 2.08 bits per heavy atom. The molecule has 1 atom stereocenters. The predicted molar refractivity (Wildman–Crippen MR) is 95.1 cm³/mol. The van der Waals surface area contributed by atoms with Crippen LogP contribution in [0.4, 0.5) is 10.2 Å². The number of halogens is 1. The van der Waals surface area contributed by atoms with Crippen molar-refractivity contribution in [3.05, 3.63) is 53.7 Å². The number of anilines is 1. The van der Waals surface area contributed by atoms with Gasteiger partial charge < -0.3 is 10.2 Å². The smallest absolute Gasteiger partial charge is 0.271 e. The molecule has 1 N–H and O–H groups in total. The fraction of sp³-hybridized carbons (Fsp3) is 0.421. The number of hydrogen-bond donors (Lipinski definition) is 1. The van der Waals surface area contributed by atoms with E-state index < -0.39 is 0 Å². The van der Waals surface area contributed by atoms with E-state index in [2.05, 4.69) is 27.1 Å². The summed E-state index contributed by atoms with van der Waals surface area (Å²) in [5.74, 6) is 0.985. The Bertz CT molecular complexity index is 702. The lowest BCUT2D eigenvalue weighted by molar-refractivity contribution is 0.0949. The number of amides is 1. The van der Waals surface area contributed by atoms with Gasteiger partial charge in [-0.25, -0.2) is 14.4 Å². The SMILES string of the molecule is CC1CCCN(c2cnc(C(=O)NCCc3ccc(F)cc3)cn2)C1. The standard InChI is InChI=1S/C19H23FN4O/c1-14-3-2-10-24(13-14)18-12-22-17(11-23-18)19(25)21-9-8-15-4-6-16(20)7-5-15/h4-7,11-12,14H,2-3,8-10,13H2,1H3,(H,21,25). The minimum atomic E-state index is -0.258. The van der Waals surface area contributed by atoms with Crippen LogP contribution in [0, 0.1) is 11.7 Å². The number of nitrogens with one attached hydrogen (secondary N) is 1. The van der Waals surface area contributed by atoms with Gasteiger partial charge in [0, 0.05) is 19.6 Å². The van der Waals surface area contributed by atoms with Crippen molar-refractivity contribution in [1.82, 2.24) is 15.3 Å². The van der Waals surface area contributed by atoms with E-state index in [1.54, 1.807) is 18.3 Å². The first-order chi connectivity index (χ1) is 12.1. The lowest BCUT2D eigenvalue weighted by Gasteiger charge is -2.31. The molecule has 1 aromatic heterocycles. The molecular weight excluding hydrogens is 319 g/mol. The average Bonchev–Trinajstić information content (AvgIpc) is 2.63. The zero-order valence-corrected chi connectivity index (χ0v) is 14.4. The van der Waals surface area contributed by atoms with Gasteiger partial charge in [-0.2, -0.15) is 0 Å². The minimum absolute atomic E-state index is 0.242. The first kappa shape index (κ1) is 17.3. The first-order valence-corrected chi connectivity index (χ1v) is 8.71. The molecule has 0 radical (unpaired) electrons.